The Hall–Kier alpha value is -3.58. The molecule has 0 saturated carbocycles. The Morgan fingerprint density at radius 2 is 1.84 bits per heavy atom. The maximum absolute atomic E-state index is 13.6. The van der Waals surface area contributed by atoms with Crippen LogP contribution in [-0.4, -0.2) is 10.5 Å². The van der Waals surface area contributed by atoms with Crippen LogP contribution in [0.15, 0.2) is 72.1 Å². The van der Waals surface area contributed by atoms with Gasteiger partial charge in [0.1, 0.15) is 0 Å². The van der Waals surface area contributed by atoms with E-state index in [1.54, 1.807) is 40.2 Å². The molecule has 0 aliphatic rings. The fourth-order valence-electron chi connectivity index (χ4n) is 4.12. The first kappa shape index (κ1) is 20.3. The van der Waals surface area contributed by atoms with Gasteiger partial charge in [-0.25, -0.2) is 0 Å². The number of nitrogens with zero attached hydrogens (tertiary/aromatic N) is 1. The Balaban J connectivity index is 1.81. The molecule has 0 atom stereocenters. The summed E-state index contributed by atoms with van der Waals surface area (Å²) in [6, 6.07) is 21.6. The molecule has 1 radical (unpaired) electrons. The highest BCUT2D eigenvalue weighted by atomic mass is 32.1. The van der Waals surface area contributed by atoms with E-state index < -0.39 is 17.6 Å². The number of carbonyl (C=O) groups excluding carboxylic acids is 1. The van der Waals surface area contributed by atoms with Crippen molar-refractivity contribution >= 4 is 39.0 Å². The molecule has 32 heavy (non-hydrogen) atoms. The van der Waals surface area contributed by atoms with Crippen molar-refractivity contribution in [2.75, 3.05) is 0 Å². The predicted molar refractivity (Wildman–Crippen MR) is 121 cm³/mol. The molecule has 5 aromatic rings. The molecule has 2 heterocycles. The highest BCUT2D eigenvalue weighted by Gasteiger charge is 2.33. The lowest BCUT2D eigenvalue weighted by molar-refractivity contribution is -0.138. The number of aromatic nitrogens is 1. The van der Waals surface area contributed by atoms with Crippen LogP contribution in [0.3, 0.4) is 0 Å². The Kier molecular flexibility index (Phi) is 4.78. The minimum absolute atomic E-state index is 0.0143. The van der Waals surface area contributed by atoms with E-state index in [4.69, 9.17) is 5.73 Å². The van der Waals surface area contributed by atoms with Gasteiger partial charge in [0, 0.05) is 27.8 Å². The molecular weight excluding hydrogens is 433 g/mol. The van der Waals surface area contributed by atoms with Crippen LogP contribution in [-0.2, 0) is 12.7 Å². The number of hydrogen-bond donors (Lipinski definition) is 1. The van der Waals surface area contributed by atoms with Gasteiger partial charge in [0.2, 0.25) is 5.91 Å². The first-order valence-corrected chi connectivity index (χ1v) is 10.7. The van der Waals surface area contributed by atoms with Crippen molar-refractivity contribution in [2.45, 2.75) is 12.7 Å². The molecule has 0 fully saturated rings. The topological polar surface area (TPSA) is 48.0 Å². The summed E-state index contributed by atoms with van der Waals surface area (Å²) in [5.74, 6) is -0.596. The van der Waals surface area contributed by atoms with Crippen molar-refractivity contribution in [2.24, 2.45) is 5.73 Å². The van der Waals surface area contributed by atoms with Gasteiger partial charge in [0.05, 0.1) is 16.6 Å². The second kappa shape index (κ2) is 7.53. The molecule has 0 aliphatic heterocycles. The van der Waals surface area contributed by atoms with Crippen molar-refractivity contribution in [1.29, 1.82) is 0 Å². The van der Waals surface area contributed by atoms with Crippen molar-refractivity contribution in [1.82, 2.24) is 4.57 Å². The number of hydrogen-bond acceptors (Lipinski definition) is 2. The van der Waals surface area contributed by atoms with E-state index in [9.17, 15) is 18.0 Å². The van der Waals surface area contributed by atoms with Gasteiger partial charge in [-0.3, -0.25) is 4.79 Å². The fourth-order valence-corrected chi connectivity index (χ4v) is 4.84. The van der Waals surface area contributed by atoms with Gasteiger partial charge in [0.15, 0.2) is 0 Å². The molecule has 0 bridgehead atoms. The number of alkyl halides is 3. The number of fused-ring (bicyclic) bond motifs is 3. The van der Waals surface area contributed by atoms with Crippen LogP contribution in [0.1, 0.15) is 21.5 Å². The molecule has 1 amide bonds. The smallest absolute Gasteiger partial charge is 0.366 e. The summed E-state index contributed by atoms with van der Waals surface area (Å²) in [4.78, 5) is 13.1. The number of halogens is 3. The lowest BCUT2D eigenvalue weighted by atomic mass is 10.0. The Morgan fingerprint density at radius 1 is 1.03 bits per heavy atom. The van der Waals surface area contributed by atoms with Crippen LogP contribution < -0.4 is 5.73 Å². The Labute approximate surface area is 185 Å². The van der Waals surface area contributed by atoms with E-state index in [1.165, 1.54) is 12.1 Å². The summed E-state index contributed by atoms with van der Waals surface area (Å²) in [5.41, 5.74) is 7.62. The SMILES string of the molecule is NC(=O)c1cccc2c1c1[c]cc(-c3cccs3)cc1n2Cc1ccccc1C(F)(F)F. The van der Waals surface area contributed by atoms with E-state index in [2.05, 4.69) is 6.07 Å². The third-order valence-corrected chi connectivity index (χ3v) is 6.44. The molecule has 2 N–H and O–H groups in total. The van der Waals surface area contributed by atoms with Crippen LogP contribution in [0.2, 0.25) is 0 Å². The lowest BCUT2D eigenvalue weighted by Crippen LogP contribution is -2.12. The molecule has 0 spiro atoms. The summed E-state index contributed by atoms with van der Waals surface area (Å²) in [5, 5.41) is 3.20. The second-order valence-electron chi connectivity index (χ2n) is 7.43. The molecule has 159 valence electrons. The van der Waals surface area contributed by atoms with E-state index in [-0.39, 0.29) is 12.1 Å². The average Bonchev–Trinajstić information content (AvgIpc) is 3.40. The summed E-state index contributed by atoms with van der Waals surface area (Å²) in [6.45, 7) is -0.0143. The maximum Gasteiger partial charge on any atom is 0.416 e. The second-order valence-corrected chi connectivity index (χ2v) is 8.38. The van der Waals surface area contributed by atoms with Crippen LogP contribution in [0.4, 0.5) is 13.2 Å². The Morgan fingerprint density at radius 3 is 2.56 bits per heavy atom. The van der Waals surface area contributed by atoms with E-state index in [0.29, 0.717) is 27.4 Å². The van der Waals surface area contributed by atoms with Crippen molar-refractivity contribution in [3.63, 3.8) is 0 Å². The molecular formula is C25H16F3N2OS. The van der Waals surface area contributed by atoms with Gasteiger partial charge in [-0.2, -0.15) is 13.2 Å². The molecule has 3 nitrogen and oxygen atoms in total. The molecule has 3 aromatic carbocycles. The minimum atomic E-state index is -4.47. The zero-order chi connectivity index (χ0) is 22.5. The van der Waals surface area contributed by atoms with Gasteiger partial charge in [-0.15, -0.1) is 11.3 Å². The molecule has 5 rings (SSSR count). The van der Waals surface area contributed by atoms with Gasteiger partial charge in [-0.1, -0.05) is 30.3 Å². The quantitative estimate of drug-likeness (QED) is 0.335. The highest BCUT2D eigenvalue weighted by Crippen LogP contribution is 2.37. The zero-order valence-corrected chi connectivity index (χ0v) is 17.4. The molecule has 0 unspecified atom stereocenters. The standard InChI is InChI=1S/C25H16F3N2OS/c26-25(27,28)19-7-2-1-5-16(19)14-30-20-8-3-6-18(24(29)31)23(20)17-11-10-15(13-21(17)30)22-9-4-12-32-22/h1-10,12-13H,14H2,(H2,29,31). The van der Waals surface area contributed by atoms with Gasteiger partial charge >= 0.3 is 6.18 Å². The number of carbonyl (C=O) groups is 1. The van der Waals surface area contributed by atoms with Gasteiger partial charge < -0.3 is 10.3 Å². The largest absolute Gasteiger partial charge is 0.416 e. The Bertz CT molecular complexity index is 1470. The number of nitrogens with two attached hydrogens (primary N) is 1. The summed E-state index contributed by atoms with van der Waals surface area (Å²) in [7, 11) is 0. The summed E-state index contributed by atoms with van der Waals surface area (Å²) >= 11 is 1.56. The third-order valence-electron chi connectivity index (χ3n) is 5.52. The minimum Gasteiger partial charge on any atom is -0.366 e. The average molecular weight is 449 g/mol. The summed E-state index contributed by atoms with van der Waals surface area (Å²) in [6.07, 6.45) is -4.47. The van der Waals surface area contributed by atoms with E-state index in [0.717, 1.165) is 16.5 Å². The van der Waals surface area contributed by atoms with Gasteiger partial charge in [-0.05, 0) is 59.0 Å². The monoisotopic (exact) mass is 449 g/mol. The first-order valence-electron chi connectivity index (χ1n) is 9.80. The maximum atomic E-state index is 13.6. The number of thiophene rings is 1. The van der Waals surface area contributed by atoms with Crippen LogP contribution in [0, 0.1) is 6.07 Å². The highest BCUT2D eigenvalue weighted by molar-refractivity contribution is 7.13. The fraction of sp³-hybridized carbons (Fsp3) is 0.0800. The predicted octanol–water partition coefficient (Wildman–Crippen LogP) is 6.49. The van der Waals surface area contributed by atoms with E-state index >= 15 is 0 Å². The lowest BCUT2D eigenvalue weighted by Gasteiger charge is -2.15. The molecule has 0 saturated heterocycles. The van der Waals surface area contributed by atoms with Crippen molar-refractivity contribution < 1.29 is 18.0 Å². The number of primary amides is 1. The number of amides is 1. The van der Waals surface area contributed by atoms with Crippen molar-refractivity contribution in [3.8, 4) is 10.4 Å². The molecule has 2 aromatic heterocycles. The van der Waals surface area contributed by atoms with Crippen molar-refractivity contribution in [3.05, 3.63) is 94.9 Å². The molecule has 0 aliphatic carbocycles. The van der Waals surface area contributed by atoms with Crippen LogP contribution >= 0.6 is 11.3 Å². The van der Waals surface area contributed by atoms with E-state index in [1.807, 2.05) is 29.6 Å². The van der Waals surface area contributed by atoms with Gasteiger partial charge in [0.25, 0.3) is 0 Å². The first-order chi connectivity index (χ1) is 15.3. The third kappa shape index (κ3) is 3.35. The number of rotatable bonds is 4. The molecule has 7 heteroatoms. The van der Waals surface area contributed by atoms with Crippen LogP contribution in [0.25, 0.3) is 32.2 Å². The number of benzene rings is 3. The van der Waals surface area contributed by atoms with Crippen LogP contribution in [0.5, 0.6) is 0 Å². The normalized spacial score (nSPS) is 12.0. The zero-order valence-electron chi connectivity index (χ0n) is 16.6. The summed E-state index contributed by atoms with van der Waals surface area (Å²) < 4.78 is 42.7.